The summed E-state index contributed by atoms with van der Waals surface area (Å²) in [6.07, 6.45) is 2.10. The Labute approximate surface area is 146 Å². The van der Waals surface area contributed by atoms with Gasteiger partial charge < -0.3 is 4.57 Å². The maximum Gasteiger partial charge on any atom is 0.273 e. The van der Waals surface area contributed by atoms with E-state index in [1.54, 1.807) is 12.1 Å². The van der Waals surface area contributed by atoms with Crippen molar-refractivity contribution in [2.45, 2.75) is 19.1 Å². The second kappa shape index (κ2) is 6.53. The Morgan fingerprint density at radius 1 is 0.960 bits per heavy atom. The van der Waals surface area contributed by atoms with Crippen molar-refractivity contribution >= 4 is 5.69 Å². The molecule has 0 saturated carbocycles. The molecule has 126 valence electrons. The normalized spacial score (nSPS) is 17.2. The van der Waals surface area contributed by atoms with Gasteiger partial charge in [0.05, 0.1) is 11.0 Å². The lowest BCUT2D eigenvalue weighted by Crippen LogP contribution is -2.38. The molecule has 3 aromatic rings. The van der Waals surface area contributed by atoms with Gasteiger partial charge in [0.15, 0.2) is 0 Å². The van der Waals surface area contributed by atoms with Crippen LogP contribution in [0.5, 0.6) is 0 Å². The minimum Gasteiger partial charge on any atom is -0.348 e. The van der Waals surface area contributed by atoms with E-state index in [4.69, 9.17) is 0 Å². The molecule has 0 fully saturated rings. The highest BCUT2D eigenvalue weighted by atomic mass is 16.6. The molecule has 1 atom stereocenters. The molecular weight excluding hydrogens is 314 g/mol. The first kappa shape index (κ1) is 15.6. The summed E-state index contributed by atoms with van der Waals surface area (Å²) < 4.78 is 2.27. The van der Waals surface area contributed by atoms with Gasteiger partial charge in [0.1, 0.15) is 0 Å². The van der Waals surface area contributed by atoms with E-state index in [0.29, 0.717) is 6.54 Å². The lowest BCUT2D eigenvalue weighted by atomic mass is 9.99. The van der Waals surface area contributed by atoms with Gasteiger partial charge >= 0.3 is 0 Å². The summed E-state index contributed by atoms with van der Waals surface area (Å²) in [5, 5.41) is 11.4. The van der Waals surface area contributed by atoms with Crippen LogP contribution in [-0.2, 0) is 13.1 Å². The minimum absolute atomic E-state index is 0.102. The summed E-state index contributed by atoms with van der Waals surface area (Å²) in [7, 11) is 0. The number of hydrogen-bond donors (Lipinski definition) is 0. The molecule has 25 heavy (non-hydrogen) atoms. The van der Waals surface area contributed by atoms with Crippen LogP contribution in [0.25, 0.3) is 0 Å². The molecule has 4 rings (SSSR count). The van der Waals surface area contributed by atoms with Crippen LogP contribution in [0.3, 0.4) is 0 Å². The van der Waals surface area contributed by atoms with Crippen LogP contribution < -0.4 is 0 Å². The third-order valence-corrected chi connectivity index (χ3v) is 4.82. The van der Waals surface area contributed by atoms with Crippen LogP contribution in [0.2, 0.25) is 0 Å². The van der Waals surface area contributed by atoms with Gasteiger partial charge in [0.25, 0.3) is 5.69 Å². The van der Waals surface area contributed by atoms with Crippen molar-refractivity contribution in [1.82, 2.24) is 9.47 Å². The molecule has 1 aromatic heterocycles. The van der Waals surface area contributed by atoms with Crippen LogP contribution in [0.4, 0.5) is 5.69 Å². The van der Waals surface area contributed by atoms with Gasteiger partial charge in [-0.05, 0) is 17.7 Å². The van der Waals surface area contributed by atoms with E-state index >= 15 is 0 Å². The van der Waals surface area contributed by atoms with Crippen LogP contribution in [-0.4, -0.2) is 20.9 Å². The number of rotatable bonds is 4. The number of nitrogens with zero attached hydrogens (tertiary/aromatic N) is 3. The summed E-state index contributed by atoms with van der Waals surface area (Å²) in [5.41, 5.74) is 3.39. The molecule has 1 unspecified atom stereocenters. The second-order valence-corrected chi connectivity index (χ2v) is 6.30. The lowest BCUT2D eigenvalue weighted by molar-refractivity contribution is -0.385. The standard InChI is InChI=1S/C20H19N3O2/c24-23(25)18-10-5-4-9-17(18)15-22-14-13-21-12-6-11-19(21)20(22)16-7-2-1-3-8-16/h1-12,20H,13-15H2. The topological polar surface area (TPSA) is 51.3 Å². The minimum atomic E-state index is -0.292. The zero-order valence-electron chi connectivity index (χ0n) is 13.8. The van der Waals surface area contributed by atoms with Crippen molar-refractivity contribution in [3.63, 3.8) is 0 Å². The number of para-hydroxylation sites is 1. The highest BCUT2D eigenvalue weighted by Gasteiger charge is 2.30. The molecule has 0 N–H and O–H groups in total. The maximum absolute atomic E-state index is 11.4. The Bertz CT molecular complexity index is 889. The maximum atomic E-state index is 11.4. The quantitative estimate of drug-likeness (QED) is 0.535. The summed E-state index contributed by atoms with van der Waals surface area (Å²) >= 11 is 0. The van der Waals surface area contributed by atoms with Gasteiger partial charge in [-0.1, -0.05) is 48.5 Å². The summed E-state index contributed by atoms with van der Waals surface area (Å²) in [6.45, 7) is 2.31. The molecular formula is C20H19N3O2. The third-order valence-electron chi connectivity index (χ3n) is 4.82. The predicted octanol–water partition coefficient (Wildman–Crippen LogP) is 4.00. The number of benzene rings is 2. The van der Waals surface area contributed by atoms with E-state index in [1.807, 2.05) is 30.3 Å². The van der Waals surface area contributed by atoms with Crippen molar-refractivity contribution in [2.24, 2.45) is 0 Å². The Kier molecular flexibility index (Phi) is 4.07. The van der Waals surface area contributed by atoms with E-state index in [9.17, 15) is 10.1 Å². The molecule has 2 heterocycles. The average molecular weight is 333 g/mol. The number of hydrogen-bond acceptors (Lipinski definition) is 3. The summed E-state index contributed by atoms with van der Waals surface area (Å²) in [5.74, 6) is 0. The first-order valence-electron chi connectivity index (χ1n) is 8.40. The highest BCUT2D eigenvalue weighted by molar-refractivity contribution is 5.40. The Morgan fingerprint density at radius 3 is 2.52 bits per heavy atom. The molecule has 5 heteroatoms. The number of fused-ring (bicyclic) bond motifs is 1. The van der Waals surface area contributed by atoms with E-state index in [0.717, 1.165) is 18.7 Å². The van der Waals surface area contributed by atoms with Crippen molar-refractivity contribution in [3.8, 4) is 0 Å². The van der Waals surface area contributed by atoms with Gasteiger partial charge in [-0.3, -0.25) is 15.0 Å². The monoisotopic (exact) mass is 333 g/mol. The van der Waals surface area contributed by atoms with Crippen molar-refractivity contribution in [2.75, 3.05) is 6.54 Å². The molecule has 2 aromatic carbocycles. The SMILES string of the molecule is O=[N+]([O-])c1ccccc1CN1CCn2cccc2C1c1ccccc1. The summed E-state index contributed by atoms with van der Waals surface area (Å²) in [6, 6.07) is 21.7. The van der Waals surface area contributed by atoms with Crippen LogP contribution in [0, 0.1) is 10.1 Å². The Hall–Kier alpha value is -2.92. The van der Waals surface area contributed by atoms with Gasteiger partial charge in [-0.25, -0.2) is 0 Å². The van der Waals surface area contributed by atoms with E-state index in [-0.39, 0.29) is 16.7 Å². The van der Waals surface area contributed by atoms with E-state index in [2.05, 4.69) is 39.9 Å². The van der Waals surface area contributed by atoms with Gasteiger partial charge in [-0.2, -0.15) is 0 Å². The molecule has 5 nitrogen and oxygen atoms in total. The molecule has 0 spiro atoms. The fourth-order valence-electron chi connectivity index (χ4n) is 3.66. The van der Waals surface area contributed by atoms with Crippen molar-refractivity contribution < 1.29 is 4.92 Å². The zero-order valence-corrected chi connectivity index (χ0v) is 13.8. The largest absolute Gasteiger partial charge is 0.348 e. The molecule has 0 saturated heterocycles. The Morgan fingerprint density at radius 2 is 1.72 bits per heavy atom. The molecule has 0 radical (unpaired) electrons. The van der Waals surface area contributed by atoms with Crippen LogP contribution >= 0.6 is 0 Å². The predicted molar refractivity (Wildman–Crippen MR) is 96.2 cm³/mol. The van der Waals surface area contributed by atoms with Crippen LogP contribution in [0.1, 0.15) is 22.9 Å². The van der Waals surface area contributed by atoms with Gasteiger partial charge in [-0.15, -0.1) is 0 Å². The zero-order chi connectivity index (χ0) is 17.2. The smallest absolute Gasteiger partial charge is 0.273 e. The van der Waals surface area contributed by atoms with Crippen molar-refractivity contribution in [3.05, 3.63) is 99.9 Å². The van der Waals surface area contributed by atoms with E-state index < -0.39 is 0 Å². The number of aromatic nitrogens is 1. The third kappa shape index (κ3) is 2.94. The molecule has 1 aliphatic heterocycles. The highest BCUT2D eigenvalue weighted by Crippen LogP contribution is 2.34. The molecule has 0 bridgehead atoms. The summed E-state index contributed by atoms with van der Waals surface area (Å²) in [4.78, 5) is 13.4. The number of nitro groups is 1. The fourth-order valence-corrected chi connectivity index (χ4v) is 3.66. The number of nitro benzene ring substituents is 1. The van der Waals surface area contributed by atoms with Gasteiger partial charge in [0, 0.05) is 43.2 Å². The van der Waals surface area contributed by atoms with Crippen LogP contribution in [0.15, 0.2) is 72.9 Å². The van der Waals surface area contributed by atoms with Gasteiger partial charge in [0.2, 0.25) is 0 Å². The van der Waals surface area contributed by atoms with E-state index in [1.165, 1.54) is 11.3 Å². The molecule has 0 amide bonds. The first-order valence-corrected chi connectivity index (χ1v) is 8.40. The fraction of sp³-hybridized carbons (Fsp3) is 0.200. The molecule has 1 aliphatic rings. The Balaban J connectivity index is 1.73. The first-order chi connectivity index (χ1) is 12.2. The average Bonchev–Trinajstić information content (AvgIpc) is 3.11. The second-order valence-electron chi connectivity index (χ2n) is 6.30. The lowest BCUT2D eigenvalue weighted by Gasteiger charge is -2.37. The molecule has 0 aliphatic carbocycles. The van der Waals surface area contributed by atoms with Crippen molar-refractivity contribution in [1.29, 1.82) is 0 Å².